The molecule has 2 aliphatic rings. The Morgan fingerprint density at radius 1 is 1.18 bits per heavy atom. The number of nitrogens with one attached hydrogen (secondary N) is 1. The van der Waals surface area contributed by atoms with Crippen molar-refractivity contribution in [3.63, 3.8) is 0 Å². The summed E-state index contributed by atoms with van der Waals surface area (Å²) in [5.74, 6) is 0.681. The van der Waals surface area contributed by atoms with E-state index in [0.717, 1.165) is 10.6 Å². The van der Waals surface area contributed by atoms with Gasteiger partial charge in [-0.1, -0.05) is 6.07 Å². The van der Waals surface area contributed by atoms with Crippen molar-refractivity contribution in [2.75, 3.05) is 25.5 Å². The van der Waals surface area contributed by atoms with Gasteiger partial charge in [0.2, 0.25) is 0 Å². The fourth-order valence-corrected chi connectivity index (χ4v) is 3.68. The standard InChI is InChI=1S/C17H18F6N2O3/c1-27-12-4-2-3-10(5-12)24-11-6-15(7-11)8-25(9-15)14(26)28-13(16(18,19)20)17(21,22)23/h2-5,11,13,24H,6-9H2,1H3. The van der Waals surface area contributed by atoms with Crippen LogP contribution in [0.25, 0.3) is 0 Å². The van der Waals surface area contributed by atoms with E-state index in [2.05, 4.69) is 10.1 Å². The second-order valence-electron chi connectivity index (χ2n) is 7.18. The number of nitrogens with zero attached hydrogens (tertiary/aromatic N) is 1. The number of benzene rings is 1. The van der Waals surface area contributed by atoms with E-state index in [1.165, 1.54) is 0 Å². The molecule has 1 aromatic carbocycles. The third-order valence-electron chi connectivity index (χ3n) is 4.92. The Kier molecular flexibility index (Phi) is 5.05. The van der Waals surface area contributed by atoms with Gasteiger partial charge >= 0.3 is 18.4 Å². The fourth-order valence-electron chi connectivity index (χ4n) is 3.68. The topological polar surface area (TPSA) is 50.8 Å². The molecular weight excluding hydrogens is 394 g/mol. The largest absolute Gasteiger partial charge is 0.497 e. The number of hydrogen-bond acceptors (Lipinski definition) is 4. The predicted octanol–water partition coefficient (Wildman–Crippen LogP) is 4.20. The molecule has 1 saturated carbocycles. The summed E-state index contributed by atoms with van der Waals surface area (Å²) in [4.78, 5) is 12.5. The highest BCUT2D eigenvalue weighted by Crippen LogP contribution is 2.50. The third-order valence-corrected chi connectivity index (χ3v) is 4.92. The van der Waals surface area contributed by atoms with E-state index in [1.807, 2.05) is 18.2 Å². The van der Waals surface area contributed by atoms with Crippen molar-refractivity contribution >= 4 is 11.8 Å². The first kappa shape index (κ1) is 20.4. The van der Waals surface area contributed by atoms with E-state index in [9.17, 15) is 31.1 Å². The van der Waals surface area contributed by atoms with Gasteiger partial charge < -0.3 is 19.7 Å². The molecule has 11 heteroatoms. The van der Waals surface area contributed by atoms with Crippen LogP contribution in [0.5, 0.6) is 5.75 Å². The van der Waals surface area contributed by atoms with E-state index in [4.69, 9.17) is 4.74 Å². The monoisotopic (exact) mass is 412 g/mol. The molecule has 1 heterocycles. The fraction of sp³-hybridized carbons (Fsp3) is 0.588. The van der Waals surface area contributed by atoms with Gasteiger partial charge in [-0.15, -0.1) is 0 Å². The normalized spacial score (nSPS) is 19.2. The maximum Gasteiger partial charge on any atom is 0.434 e. The minimum Gasteiger partial charge on any atom is -0.497 e. The highest BCUT2D eigenvalue weighted by atomic mass is 19.4. The highest BCUT2D eigenvalue weighted by Gasteiger charge is 2.61. The molecule has 156 valence electrons. The van der Waals surface area contributed by atoms with Crippen LogP contribution in [0.2, 0.25) is 0 Å². The maximum atomic E-state index is 12.5. The Morgan fingerprint density at radius 2 is 1.79 bits per heavy atom. The third kappa shape index (κ3) is 4.22. The molecule has 0 bridgehead atoms. The number of amides is 1. The molecular formula is C17H18F6N2O3. The van der Waals surface area contributed by atoms with Gasteiger partial charge in [-0.2, -0.15) is 26.3 Å². The lowest BCUT2D eigenvalue weighted by atomic mass is 9.60. The van der Waals surface area contributed by atoms with Crippen molar-refractivity contribution < 1.29 is 40.6 Å². The molecule has 3 rings (SSSR count). The number of alkyl halides is 6. The van der Waals surface area contributed by atoms with Crippen molar-refractivity contribution in [2.45, 2.75) is 37.3 Å². The van der Waals surface area contributed by atoms with Gasteiger partial charge in [0, 0.05) is 36.3 Å². The van der Waals surface area contributed by atoms with E-state index >= 15 is 0 Å². The van der Waals surface area contributed by atoms with Gasteiger partial charge in [-0.05, 0) is 25.0 Å². The van der Waals surface area contributed by atoms with Gasteiger partial charge in [0.05, 0.1) is 7.11 Å². The molecule has 1 aliphatic heterocycles. The number of halogens is 6. The summed E-state index contributed by atoms with van der Waals surface area (Å²) in [5, 5.41) is 3.28. The van der Waals surface area contributed by atoms with Gasteiger partial charge in [0.25, 0.3) is 6.10 Å². The summed E-state index contributed by atoms with van der Waals surface area (Å²) in [6, 6.07) is 7.37. The first-order valence-corrected chi connectivity index (χ1v) is 8.41. The summed E-state index contributed by atoms with van der Waals surface area (Å²) < 4.78 is 83.6. The Hall–Kier alpha value is -2.33. The van der Waals surface area contributed by atoms with Gasteiger partial charge in [-0.25, -0.2) is 4.79 Å². The second kappa shape index (κ2) is 6.93. The first-order valence-electron chi connectivity index (χ1n) is 8.41. The van der Waals surface area contributed by atoms with Crippen LogP contribution in [0, 0.1) is 5.41 Å². The molecule has 1 aromatic rings. The average Bonchev–Trinajstić information content (AvgIpc) is 2.51. The van der Waals surface area contributed by atoms with Gasteiger partial charge in [-0.3, -0.25) is 0 Å². The smallest absolute Gasteiger partial charge is 0.434 e. The predicted molar refractivity (Wildman–Crippen MR) is 86.0 cm³/mol. The zero-order valence-electron chi connectivity index (χ0n) is 14.7. The zero-order valence-corrected chi connectivity index (χ0v) is 14.7. The number of hydrogen-bond donors (Lipinski definition) is 1. The molecule has 1 N–H and O–H groups in total. The Bertz CT molecular complexity index is 708. The SMILES string of the molecule is COc1cccc(NC2CC3(C2)CN(C(=O)OC(C(F)(F)F)C(F)(F)F)C3)c1. The van der Waals surface area contributed by atoms with Crippen LogP contribution >= 0.6 is 0 Å². The van der Waals surface area contributed by atoms with Crippen molar-refractivity contribution in [2.24, 2.45) is 5.41 Å². The van der Waals surface area contributed by atoms with Crippen molar-refractivity contribution in [1.82, 2.24) is 4.90 Å². The lowest BCUT2D eigenvalue weighted by Crippen LogP contribution is -2.66. The number of anilines is 1. The van der Waals surface area contributed by atoms with Crippen molar-refractivity contribution in [3.05, 3.63) is 24.3 Å². The molecule has 2 fully saturated rings. The zero-order chi connectivity index (χ0) is 20.7. The number of methoxy groups -OCH3 is 1. The quantitative estimate of drug-likeness (QED) is 0.754. The Labute approximate surface area is 156 Å². The molecule has 0 radical (unpaired) electrons. The Morgan fingerprint density at radius 3 is 2.32 bits per heavy atom. The minimum atomic E-state index is -5.71. The van der Waals surface area contributed by atoms with Gasteiger partial charge in [0.15, 0.2) is 0 Å². The summed E-state index contributed by atoms with van der Waals surface area (Å²) >= 11 is 0. The lowest BCUT2D eigenvalue weighted by molar-refractivity contribution is -0.309. The van der Waals surface area contributed by atoms with Gasteiger partial charge in [0.1, 0.15) is 5.75 Å². The van der Waals surface area contributed by atoms with Crippen LogP contribution in [-0.4, -0.2) is 55.7 Å². The molecule has 0 aromatic heterocycles. The highest BCUT2D eigenvalue weighted by molar-refractivity contribution is 5.69. The number of likely N-dealkylation sites (tertiary alicyclic amines) is 1. The molecule has 0 unspecified atom stereocenters. The summed E-state index contributed by atoms with van der Waals surface area (Å²) in [6.07, 6.45) is -15.8. The van der Waals surface area contributed by atoms with Crippen LogP contribution in [0.3, 0.4) is 0 Å². The van der Waals surface area contributed by atoms with Crippen LogP contribution in [0.1, 0.15) is 12.8 Å². The van der Waals surface area contributed by atoms with E-state index in [-0.39, 0.29) is 24.5 Å². The molecule has 1 amide bonds. The number of carbonyl (C=O) groups excluding carboxylic acids is 1. The average molecular weight is 412 g/mol. The molecule has 5 nitrogen and oxygen atoms in total. The molecule has 0 atom stereocenters. The minimum absolute atomic E-state index is 0.0740. The van der Waals surface area contributed by atoms with Crippen LogP contribution in [0.4, 0.5) is 36.8 Å². The van der Waals surface area contributed by atoms with Crippen LogP contribution in [-0.2, 0) is 4.74 Å². The molecule has 1 aliphatic carbocycles. The molecule has 28 heavy (non-hydrogen) atoms. The summed E-state index contributed by atoms with van der Waals surface area (Å²) in [7, 11) is 1.54. The van der Waals surface area contributed by atoms with E-state index < -0.39 is 24.5 Å². The molecule has 1 spiro atoms. The summed E-state index contributed by atoms with van der Waals surface area (Å²) in [5.41, 5.74) is 0.551. The van der Waals surface area contributed by atoms with Crippen LogP contribution in [0.15, 0.2) is 24.3 Å². The number of ether oxygens (including phenoxy) is 2. The second-order valence-corrected chi connectivity index (χ2v) is 7.18. The number of rotatable bonds is 4. The van der Waals surface area contributed by atoms with E-state index in [1.54, 1.807) is 13.2 Å². The van der Waals surface area contributed by atoms with Crippen LogP contribution < -0.4 is 10.1 Å². The summed E-state index contributed by atoms with van der Waals surface area (Å²) in [6.45, 7) is 0.148. The van der Waals surface area contributed by atoms with Crippen molar-refractivity contribution in [3.8, 4) is 5.75 Å². The maximum absolute atomic E-state index is 12.5. The Balaban J connectivity index is 1.48. The van der Waals surface area contributed by atoms with E-state index in [0.29, 0.717) is 18.6 Å². The molecule has 1 saturated heterocycles. The lowest BCUT2D eigenvalue weighted by Gasteiger charge is -2.58. The first-order chi connectivity index (χ1) is 12.9. The number of carbonyl (C=O) groups is 1. The van der Waals surface area contributed by atoms with Crippen molar-refractivity contribution in [1.29, 1.82) is 0 Å².